The van der Waals surface area contributed by atoms with Crippen LogP contribution >= 0.6 is 11.5 Å². The first-order valence-electron chi connectivity index (χ1n) is 9.72. The van der Waals surface area contributed by atoms with Gasteiger partial charge in [-0.3, -0.25) is 4.79 Å². The topological polar surface area (TPSA) is 97.1 Å². The van der Waals surface area contributed by atoms with Gasteiger partial charge in [-0.2, -0.15) is 17.5 Å². The second kappa shape index (κ2) is 8.91. The summed E-state index contributed by atoms with van der Waals surface area (Å²) in [4.78, 5) is 24.2. The van der Waals surface area contributed by atoms with Crippen LogP contribution in [0.15, 0.2) is 66.7 Å². The van der Waals surface area contributed by atoms with Crippen LogP contribution in [-0.2, 0) is 12.7 Å². The maximum atomic E-state index is 12.7. The van der Waals surface area contributed by atoms with Gasteiger partial charge in [-0.05, 0) is 53.5 Å². The predicted molar refractivity (Wildman–Crippen MR) is 121 cm³/mol. The molecule has 3 aromatic carbocycles. The molecule has 0 atom stereocenters. The number of anilines is 1. The summed E-state index contributed by atoms with van der Waals surface area (Å²) in [6.45, 7) is 0.125. The second-order valence-electron chi connectivity index (χ2n) is 7.11. The minimum Gasteiger partial charge on any atom is -0.366 e. The van der Waals surface area contributed by atoms with Gasteiger partial charge in [0.2, 0.25) is 5.91 Å². The van der Waals surface area contributed by atoms with Crippen LogP contribution in [0.4, 0.5) is 23.7 Å². The monoisotopic (exact) mass is 470 g/mol. The van der Waals surface area contributed by atoms with Crippen LogP contribution in [0.3, 0.4) is 0 Å². The molecular weight excluding hydrogens is 453 g/mol. The molecule has 0 saturated carbocycles. The van der Waals surface area contributed by atoms with E-state index in [1.54, 1.807) is 18.2 Å². The highest BCUT2D eigenvalue weighted by molar-refractivity contribution is 7.13. The maximum absolute atomic E-state index is 12.7. The van der Waals surface area contributed by atoms with Crippen molar-refractivity contribution in [1.82, 2.24) is 9.69 Å². The number of fused-ring (bicyclic) bond motifs is 1. The van der Waals surface area contributed by atoms with Crippen molar-refractivity contribution < 1.29 is 22.8 Å². The minimum absolute atomic E-state index is 0.125. The molecule has 10 heteroatoms. The molecule has 6 nitrogen and oxygen atoms in total. The Morgan fingerprint density at radius 1 is 0.970 bits per heavy atom. The number of halogens is 3. The fourth-order valence-corrected chi connectivity index (χ4v) is 4.20. The molecule has 4 rings (SSSR count). The number of amides is 3. The SMILES string of the molecule is NC(=O)c1cccc2snc(-c3ccccc3CNC(=O)Nc3ccc(C(F)(F)F)cc3)c12. The fraction of sp³-hybridized carbons (Fsp3) is 0.0870. The molecule has 0 aliphatic heterocycles. The van der Waals surface area contributed by atoms with Gasteiger partial charge in [0.1, 0.15) is 0 Å². The van der Waals surface area contributed by atoms with E-state index < -0.39 is 23.7 Å². The molecule has 0 saturated heterocycles. The normalized spacial score (nSPS) is 11.4. The standard InChI is InChI=1S/C23H17F3N4O2S/c24-23(25,26)14-8-10-15(11-9-14)29-22(32)28-12-13-4-1-2-5-16(13)20-19-17(21(27)31)6-3-7-18(19)33-30-20/h1-11H,12H2,(H2,27,31)(H2,28,29,32). The van der Waals surface area contributed by atoms with Crippen LogP contribution < -0.4 is 16.4 Å². The zero-order chi connectivity index (χ0) is 23.6. The van der Waals surface area contributed by atoms with Crippen molar-refractivity contribution in [2.45, 2.75) is 12.7 Å². The third-order valence-electron chi connectivity index (χ3n) is 4.95. The summed E-state index contributed by atoms with van der Waals surface area (Å²) in [5.74, 6) is -0.562. The number of nitrogens with two attached hydrogens (primary N) is 1. The van der Waals surface area contributed by atoms with Crippen LogP contribution in [-0.4, -0.2) is 16.3 Å². The van der Waals surface area contributed by atoms with Gasteiger partial charge in [-0.25, -0.2) is 4.79 Å². The molecule has 0 aliphatic rings. The molecule has 0 fully saturated rings. The van der Waals surface area contributed by atoms with E-state index in [4.69, 9.17) is 5.73 Å². The molecule has 0 aliphatic carbocycles. The molecular formula is C23H17F3N4O2S. The Morgan fingerprint density at radius 2 is 1.70 bits per heavy atom. The van der Waals surface area contributed by atoms with Gasteiger partial charge in [0, 0.05) is 23.2 Å². The quantitative estimate of drug-likeness (QED) is 0.364. The van der Waals surface area contributed by atoms with Gasteiger partial charge in [-0.15, -0.1) is 0 Å². The van der Waals surface area contributed by atoms with Crippen molar-refractivity contribution in [1.29, 1.82) is 0 Å². The average Bonchev–Trinajstić information content (AvgIpc) is 3.21. The molecule has 0 unspecified atom stereocenters. The lowest BCUT2D eigenvalue weighted by Crippen LogP contribution is -2.28. The van der Waals surface area contributed by atoms with Crippen molar-refractivity contribution in [2.75, 3.05) is 5.32 Å². The molecule has 3 amide bonds. The summed E-state index contributed by atoms with van der Waals surface area (Å²) >= 11 is 1.24. The first-order valence-corrected chi connectivity index (χ1v) is 10.5. The third-order valence-corrected chi connectivity index (χ3v) is 5.76. The Bertz CT molecular complexity index is 1330. The number of nitrogens with zero attached hydrogens (tertiary/aromatic N) is 1. The van der Waals surface area contributed by atoms with Crippen LogP contribution in [0, 0.1) is 0 Å². The Kier molecular flexibility index (Phi) is 6.01. The number of hydrogen-bond donors (Lipinski definition) is 3. The van der Waals surface area contributed by atoms with Crippen LogP contribution in [0.2, 0.25) is 0 Å². The van der Waals surface area contributed by atoms with E-state index in [0.717, 1.165) is 28.0 Å². The number of carbonyl (C=O) groups is 2. The number of urea groups is 1. The number of alkyl halides is 3. The number of rotatable bonds is 5. The zero-order valence-corrected chi connectivity index (χ0v) is 17.8. The number of primary amides is 1. The second-order valence-corrected chi connectivity index (χ2v) is 7.92. The van der Waals surface area contributed by atoms with E-state index in [2.05, 4.69) is 15.0 Å². The first-order chi connectivity index (χ1) is 15.7. The Morgan fingerprint density at radius 3 is 2.39 bits per heavy atom. The molecule has 1 aromatic heterocycles. The summed E-state index contributed by atoms with van der Waals surface area (Å²) in [6, 6.07) is 16.1. The van der Waals surface area contributed by atoms with Crippen LogP contribution in [0.25, 0.3) is 21.3 Å². The summed E-state index contributed by atoms with van der Waals surface area (Å²) in [5.41, 5.74) is 7.39. The third kappa shape index (κ3) is 4.80. The zero-order valence-electron chi connectivity index (χ0n) is 16.9. The molecule has 4 aromatic rings. The van der Waals surface area contributed by atoms with Gasteiger partial charge in [0.15, 0.2) is 0 Å². The Balaban J connectivity index is 1.53. The minimum atomic E-state index is -4.45. The van der Waals surface area contributed by atoms with E-state index in [1.807, 2.05) is 24.3 Å². The number of hydrogen-bond acceptors (Lipinski definition) is 4. The molecule has 0 bridgehead atoms. The Labute approximate surface area is 190 Å². The predicted octanol–water partition coefficient (Wildman–Crippen LogP) is 5.40. The molecule has 1 heterocycles. The van der Waals surface area contributed by atoms with Gasteiger partial charge < -0.3 is 16.4 Å². The molecule has 0 radical (unpaired) electrons. The van der Waals surface area contributed by atoms with Gasteiger partial charge in [-0.1, -0.05) is 30.3 Å². The Hall–Kier alpha value is -3.92. The van der Waals surface area contributed by atoms with Gasteiger partial charge in [0.25, 0.3) is 0 Å². The largest absolute Gasteiger partial charge is 0.416 e. The van der Waals surface area contributed by atoms with Crippen molar-refractivity contribution in [3.63, 3.8) is 0 Å². The molecule has 0 spiro atoms. The fourth-order valence-electron chi connectivity index (χ4n) is 3.38. The van der Waals surface area contributed by atoms with E-state index in [0.29, 0.717) is 16.6 Å². The van der Waals surface area contributed by atoms with Gasteiger partial charge in [0.05, 0.1) is 21.5 Å². The summed E-state index contributed by atoms with van der Waals surface area (Å²) in [6.07, 6.45) is -4.45. The van der Waals surface area contributed by atoms with Crippen molar-refractivity contribution in [3.8, 4) is 11.3 Å². The average molecular weight is 470 g/mol. The van der Waals surface area contributed by atoms with E-state index in [-0.39, 0.29) is 12.2 Å². The number of aromatic nitrogens is 1. The molecule has 168 valence electrons. The summed E-state index contributed by atoms with van der Waals surface area (Å²) in [7, 11) is 0. The first kappa shape index (κ1) is 22.3. The summed E-state index contributed by atoms with van der Waals surface area (Å²) in [5, 5.41) is 5.85. The lowest BCUT2D eigenvalue weighted by atomic mass is 9.99. The number of benzene rings is 3. The smallest absolute Gasteiger partial charge is 0.366 e. The maximum Gasteiger partial charge on any atom is 0.416 e. The van der Waals surface area contributed by atoms with Crippen molar-refractivity contribution >= 4 is 39.2 Å². The number of carbonyl (C=O) groups excluding carboxylic acids is 2. The lowest BCUT2D eigenvalue weighted by molar-refractivity contribution is -0.137. The summed E-state index contributed by atoms with van der Waals surface area (Å²) < 4.78 is 43.4. The van der Waals surface area contributed by atoms with E-state index in [9.17, 15) is 22.8 Å². The lowest BCUT2D eigenvalue weighted by Gasteiger charge is -2.12. The number of nitrogens with one attached hydrogen (secondary N) is 2. The van der Waals surface area contributed by atoms with Crippen molar-refractivity contribution in [3.05, 3.63) is 83.4 Å². The highest BCUT2D eigenvalue weighted by atomic mass is 32.1. The van der Waals surface area contributed by atoms with Crippen molar-refractivity contribution in [2.24, 2.45) is 5.73 Å². The van der Waals surface area contributed by atoms with E-state index in [1.165, 1.54) is 23.7 Å². The molecule has 4 N–H and O–H groups in total. The van der Waals surface area contributed by atoms with Crippen LogP contribution in [0.1, 0.15) is 21.5 Å². The van der Waals surface area contributed by atoms with Crippen LogP contribution in [0.5, 0.6) is 0 Å². The highest BCUT2D eigenvalue weighted by Gasteiger charge is 2.30. The van der Waals surface area contributed by atoms with Gasteiger partial charge >= 0.3 is 12.2 Å². The van der Waals surface area contributed by atoms with E-state index >= 15 is 0 Å². The molecule has 33 heavy (non-hydrogen) atoms. The highest BCUT2D eigenvalue weighted by Crippen LogP contribution is 2.35.